The van der Waals surface area contributed by atoms with Gasteiger partial charge < -0.3 is 5.10 Å². The lowest BCUT2D eigenvalue weighted by Gasteiger charge is -2.17. The van der Waals surface area contributed by atoms with Crippen molar-refractivity contribution >= 4 is 32.8 Å². The van der Waals surface area contributed by atoms with Gasteiger partial charge in [-0.3, -0.25) is 14.3 Å². The molecule has 1 aromatic heterocycles. The van der Waals surface area contributed by atoms with Crippen LogP contribution in [0.4, 0.5) is 5.69 Å². The van der Waals surface area contributed by atoms with E-state index in [9.17, 15) is 13.8 Å². The Labute approximate surface area is 157 Å². The standard InChI is InChI=1S/C18H22ClN3O3S/c1-3-12-7-8-13(17(23)14-11-20-22(2)18(14)24)15(19)16(12)21-26(25)9-5-4-6-10-26/h7-8,11,20H,3-6,9-10H2,1-2H3. The summed E-state index contributed by atoms with van der Waals surface area (Å²) in [6.45, 7) is 1.96. The van der Waals surface area contributed by atoms with Crippen LogP contribution in [0.2, 0.25) is 5.02 Å². The monoisotopic (exact) mass is 395 g/mol. The zero-order valence-corrected chi connectivity index (χ0v) is 16.5. The van der Waals surface area contributed by atoms with E-state index >= 15 is 0 Å². The quantitative estimate of drug-likeness (QED) is 0.804. The number of aromatic nitrogens is 2. The molecule has 1 N–H and O–H groups in total. The Kier molecular flexibility index (Phi) is 5.39. The van der Waals surface area contributed by atoms with Crippen molar-refractivity contribution in [1.29, 1.82) is 0 Å². The van der Waals surface area contributed by atoms with E-state index in [1.165, 1.54) is 17.9 Å². The zero-order chi connectivity index (χ0) is 18.9. The van der Waals surface area contributed by atoms with Crippen molar-refractivity contribution in [1.82, 2.24) is 9.78 Å². The van der Waals surface area contributed by atoms with Crippen LogP contribution < -0.4 is 5.56 Å². The van der Waals surface area contributed by atoms with Gasteiger partial charge >= 0.3 is 0 Å². The van der Waals surface area contributed by atoms with E-state index in [2.05, 4.69) is 9.46 Å². The number of aryl methyl sites for hydroxylation is 2. The Morgan fingerprint density at radius 2 is 1.96 bits per heavy atom. The minimum atomic E-state index is -2.35. The third kappa shape index (κ3) is 3.50. The van der Waals surface area contributed by atoms with Crippen molar-refractivity contribution in [2.24, 2.45) is 11.4 Å². The second-order valence-corrected chi connectivity index (χ2v) is 9.42. The lowest BCUT2D eigenvalue weighted by atomic mass is 10.0. The van der Waals surface area contributed by atoms with Crippen molar-refractivity contribution in [2.75, 3.05) is 11.5 Å². The fraction of sp³-hybridized carbons (Fsp3) is 0.444. The molecular weight excluding hydrogens is 374 g/mol. The van der Waals surface area contributed by atoms with Gasteiger partial charge in [-0.1, -0.05) is 31.0 Å². The molecule has 0 bridgehead atoms. The molecule has 1 aromatic carbocycles. The first-order valence-electron chi connectivity index (χ1n) is 8.69. The largest absolute Gasteiger partial charge is 0.302 e. The van der Waals surface area contributed by atoms with Gasteiger partial charge in [0, 0.05) is 30.3 Å². The number of ketones is 1. The van der Waals surface area contributed by atoms with Crippen LogP contribution in [0.25, 0.3) is 0 Å². The molecule has 26 heavy (non-hydrogen) atoms. The molecule has 1 saturated heterocycles. The Balaban J connectivity index is 2.14. The number of aromatic amines is 1. The Morgan fingerprint density at radius 3 is 2.54 bits per heavy atom. The maximum Gasteiger partial charge on any atom is 0.277 e. The maximum absolute atomic E-state index is 13.0. The fourth-order valence-electron chi connectivity index (χ4n) is 3.13. The van der Waals surface area contributed by atoms with E-state index < -0.39 is 21.1 Å². The van der Waals surface area contributed by atoms with E-state index in [0.29, 0.717) is 23.6 Å². The predicted molar refractivity (Wildman–Crippen MR) is 104 cm³/mol. The number of carbonyl (C=O) groups is 1. The summed E-state index contributed by atoms with van der Waals surface area (Å²) in [5, 5.41) is 2.86. The molecule has 140 valence electrons. The van der Waals surface area contributed by atoms with Crippen LogP contribution in [-0.2, 0) is 23.2 Å². The van der Waals surface area contributed by atoms with Crippen LogP contribution in [0, 0.1) is 0 Å². The summed E-state index contributed by atoms with van der Waals surface area (Å²) in [6.07, 6.45) is 4.87. The smallest absolute Gasteiger partial charge is 0.277 e. The first kappa shape index (κ1) is 18.9. The zero-order valence-electron chi connectivity index (χ0n) is 14.9. The number of benzene rings is 1. The summed E-state index contributed by atoms with van der Waals surface area (Å²) in [4.78, 5) is 24.9. The first-order valence-corrected chi connectivity index (χ1v) is 10.9. The first-order chi connectivity index (χ1) is 12.4. The minimum absolute atomic E-state index is 0.0199. The number of rotatable bonds is 4. The Morgan fingerprint density at radius 1 is 1.27 bits per heavy atom. The molecule has 0 saturated carbocycles. The van der Waals surface area contributed by atoms with Crippen molar-refractivity contribution in [3.63, 3.8) is 0 Å². The number of halogens is 1. The van der Waals surface area contributed by atoms with Crippen LogP contribution in [0.1, 0.15) is 47.7 Å². The number of hydrogen-bond acceptors (Lipinski definition) is 4. The third-order valence-electron chi connectivity index (χ3n) is 4.69. The summed E-state index contributed by atoms with van der Waals surface area (Å²) in [5.74, 6) is 0.654. The molecule has 6 nitrogen and oxygen atoms in total. The predicted octanol–water partition coefficient (Wildman–Crippen LogP) is 3.44. The minimum Gasteiger partial charge on any atom is -0.302 e. The van der Waals surface area contributed by atoms with E-state index in [1.54, 1.807) is 12.1 Å². The highest BCUT2D eigenvalue weighted by Gasteiger charge is 2.23. The van der Waals surface area contributed by atoms with Crippen LogP contribution in [0.15, 0.2) is 27.5 Å². The Bertz CT molecular complexity index is 1020. The summed E-state index contributed by atoms with van der Waals surface area (Å²) < 4.78 is 18.8. The molecule has 0 aliphatic carbocycles. The van der Waals surface area contributed by atoms with Crippen molar-refractivity contribution in [3.05, 3.63) is 50.4 Å². The average molecular weight is 396 g/mol. The van der Waals surface area contributed by atoms with Crippen molar-refractivity contribution in [2.45, 2.75) is 32.6 Å². The maximum atomic E-state index is 13.0. The molecule has 8 heteroatoms. The van der Waals surface area contributed by atoms with Crippen LogP contribution >= 0.6 is 11.6 Å². The normalized spacial score (nSPS) is 16.4. The molecule has 1 aliphatic rings. The molecule has 0 unspecified atom stereocenters. The highest BCUT2D eigenvalue weighted by Crippen LogP contribution is 2.35. The van der Waals surface area contributed by atoms with E-state index in [4.69, 9.17) is 11.6 Å². The summed E-state index contributed by atoms with van der Waals surface area (Å²) in [7, 11) is -0.815. The van der Waals surface area contributed by atoms with Gasteiger partial charge in [0.15, 0.2) is 0 Å². The Hall–Kier alpha value is -1.86. The second-order valence-electron chi connectivity index (χ2n) is 6.50. The summed E-state index contributed by atoms with van der Waals surface area (Å²) in [5.41, 5.74) is 1.09. The van der Waals surface area contributed by atoms with Gasteiger partial charge in [-0.25, -0.2) is 4.21 Å². The van der Waals surface area contributed by atoms with Crippen LogP contribution in [0.5, 0.6) is 0 Å². The third-order valence-corrected chi connectivity index (χ3v) is 7.44. The van der Waals surface area contributed by atoms with Gasteiger partial charge in [0.05, 0.1) is 20.4 Å². The molecule has 1 fully saturated rings. The highest BCUT2D eigenvalue weighted by atomic mass is 35.5. The molecule has 0 radical (unpaired) electrons. The number of hydrogen-bond donors (Lipinski definition) is 1. The van der Waals surface area contributed by atoms with Crippen LogP contribution in [-0.4, -0.2) is 31.3 Å². The van der Waals surface area contributed by atoms with Crippen molar-refractivity contribution in [3.8, 4) is 0 Å². The molecule has 0 amide bonds. The van der Waals surface area contributed by atoms with Gasteiger partial charge in [-0.05, 0) is 30.9 Å². The second kappa shape index (κ2) is 7.40. The van der Waals surface area contributed by atoms with Gasteiger partial charge in [0.25, 0.3) is 5.56 Å². The number of carbonyl (C=O) groups excluding carboxylic acids is 1. The summed E-state index contributed by atoms with van der Waals surface area (Å²) in [6, 6.07) is 3.39. The van der Waals surface area contributed by atoms with Gasteiger partial charge in [0.2, 0.25) is 5.78 Å². The number of nitrogens with one attached hydrogen (secondary N) is 1. The summed E-state index contributed by atoms with van der Waals surface area (Å²) >= 11 is 6.52. The lowest BCUT2D eigenvalue weighted by Crippen LogP contribution is -2.19. The topological polar surface area (TPSA) is 84.3 Å². The SMILES string of the molecule is CCc1ccc(C(=O)c2c[nH]n(C)c2=O)c(Cl)c1N=S1(=O)CCCCC1. The van der Waals surface area contributed by atoms with Gasteiger partial charge in [-0.15, -0.1) is 0 Å². The fourth-order valence-corrected chi connectivity index (χ4v) is 5.73. The van der Waals surface area contributed by atoms with Crippen molar-refractivity contribution < 1.29 is 9.00 Å². The number of nitrogens with zero attached hydrogens (tertiary/aromatic N) is 2. The van der Waals surface area contributed by atoms with Crippen LogP contribution in [0.3, 0.4) is 0 Å². The number of H-pyrrole nitrogens is 1. The molecule has 0 atom stereocenters. The molecule has 0 spiro atoms. The average Bonchev–Trinajstić information content (AvgIpc) is 2.96. The molecule has 3 rings (SSSR count). The molecular formula is C18H22ClN3O3S. The molecule has 1 aliphatic heterocycles. The lowest BCUT2D eigenvalue weighted by molar-refractivity contribution is 0.103. The van der Waals surface area contributed by atoms with Gasteiger partial charge in [0.1, 0.15) is 5.56 Å². The van der Waals surface area contributed by atoms with E-state index in [0.717, 1.165) is 24.8 Å². The van der Waals surface area contributed by atoms with E-state index in [1.807, 2.05) is 6.92 Å². The highest BCUT2D eigenvalue weighted by molar-refractivity contribution is 7.93. The van der Waals surface area contributed by atoms with E-state index in [-0.39, 0.29) is 16.1 Å². The van der Waals surface area contributed by atoms with Gasteiger partial charge in [-0.2, -0.15) is 4.36 Å². The molecule has 2 aromatic rings. The molecule has 2 heterocycles.